The molecular weight excluding hydrogens is 340 g/mol. The second-order valence-electron chi connectivity index (χ2n) is 5.69. The molecule has 0 aliphatic carbocycles. The van der Waals surface area contributed by atoms with Gasteiger partial charge >= 0.3 is 5.97 Å². The Kier molecular flexibility index (Phi) is 4.67. The largest absolute Gasteiger partial charge is 0.464 e. The Morgan fingerprint density at radius 1 is 1.32 bits per heavy atom. The normalized spacial score (nSPS) is 17.6. The third-order valence-corrected chi connectivity index (χ3v) is 4.94. The van der Waals surface area contributed by atoms with Gasteiger partial charge in [0.2, 0.25) is 0 Å². The first-order valence-electron chi connectivity index (χ1n) is 7.91. The van der Waals surface area contributed by atoms with Crippen molar-refractivity contribution in [1.82, 2.24) is 9.47 Å². The van der Waals surface area contributed by atoms with Gasteiger partial charge in [0.05, 0.1) is 11.5 Å². The molecule has 2 heterocycles. The van der Waals surface area contributed by atoms with Gasteiger partial charge in [0.15, 0.2) is 0 Å². The fraction of sp³-hybridized carbons (Fsp3) is 0.278. The molecule has 2 aromatic rings. The predicted octanol–water partition coefficient (Wildman–Crippen LogP) is 3.17. The summed E-state index contributed by atoms with van der Waals surface area (Å²) in [5, 5.41) is 0.535. The van der Waals surface area contributed by atoms with Crippen LogP contribution in [0.5, 0.6) is 0 Å². The van der Waals surface area contributed by atoms with Gasteiger partial charge in [-0.25, -0.2) is 4.79 Å². The van der Waals surface area contributed by atoms with Crippen molar-refractivity contribution >= 4 is 45.9 Å². The van der Waals surface area contributed by atoms with Gasteiger partial charge in [-0.2, -0.15) is 0 Å². The molecular formula is C18H18N2O4S. The minimum absolute atomic E-state index is 0.200. The summed E-state index contributed by atoms with van der Waals surface area (Å²) in [4.78, 5) is 38.0. The number of benzene rings is 1. The van der Waals surface area contributed by atoms with Crippen LogP contribution >= 0.6 is 11.8 Å². The first kappa shape index (κ1) is 17.3. The number of carbonyl (C=O) groups excluding carboxylic acids is 3. The van der Waals surface area contributed by atoms with Gasteiger partial charge < -0.3 is 9.30 Å². The molecule has 1 aromatic heterocycles. The van der Waals surface area contributed by atoms with Crippen molar-refractivity contribution in [2.75, 3.05) is 6.61 Å². The molecule has 0 bridgehead atoms. The van der Waals surface area contributed by atoms with Crippen LogP contribution in [-0.4, -0.2) is 39.2 Å². The Morgan fingerprint density at radius 2 is 2.04 bits per heavy atom. The number of rotatable bonds is 4. The zero-order valence-corrected chi connectivity index (χ0v) is 15.0. The maximum atomic E-state index is 12.6. The number of carbonyl (C=O) groups is 3. The molecule has 1 aromatic carbocycles. The van der Waals surface area contributed by atoms with E-state index in [0.29, 0.717) is 4.91 Å². The van der Waals surface area contributed by atoms with E-state index in [4.69, 9.17) is 4.74 Å². The molecule has 25 heavy (non-hydrogen) atoms. The van der Waals surface area contributed by atoms with Crippen molar-refractivity contribution in [3.8, 4) is 0 Å². The van der Waals surface area contributed by atoms with E-state index in [1.165, 1.54) is 6.92 Å². The van der Waals surface area contributed by atoms with Gasteiger partial charge in [0.25, 0.3) is 11.1 Å². The molecule has 0 saturated carbocycles. The number of amides is 2. The van der Waals surface area contributed by atoms with E-state index in [1.54, 1.807) is 13.0 Å². The van der Waals surface area contributed by atoms with Gasteiger partial charge in [-0.05, 0) is 37.8 Å². The van der Waals surface area contributed by atoms with Gasteiger partial charge in [0.1, 0.15) is 6.04 Å². The number of para-hydroxylation sites is 1. The van der Waals surface area contributed by atoms with Crippen LogP contribution in [0.25, 0.3) is 17.0 Å². The molecule has 1 aliphatic rings. The lowest BCUT2D eigenvalue weighted by Crippen LogP contribution is -2.42. The highest BCUT2D eigenvalue weighted by Gasteiger charge is 2.41. The fourth-order valence-electron chi connectivity index (χ4n) is 2.81. The average Bonchev–Trinajstić information content (AvgIpc) is 3.05. The zero-order chi connectivity index (χ0) is 18.1. The molecule has 0 radical (unpaired) electrons. The molecule has 0 spiro atoms. The summed E-state index contributed by atoms with van der Waals surface area (Å²) in [5.74, 6) is -1.06. The summed E-state index contributed by atoms with van der Waals surface area (Å²) < 4.78 is 6.88. The number of hydrogen-bond acceptors (Lipinski definition) is 5. The summed E-state index contributed by atoms with van der Waals surface area (Å²) in [7, 11) is 1.92. The van der Waals surface area contributed by atoms with Gasteiger partial charge in [-0.1, -0.05) is 18.2 Å². The van der Waals surface area contributed by atoms with Crippen molar-refractivity contribution < 1.29 is 19.1 Å². The smallest absolute Gasteiger partial charge is 0.329 e. The molecule has 1 fully saturated rings. The van der Waals surface area contributed by atoms with Gasteiger partial charge in [-0.15, -0.1) is 0 Å². The number of esters is 1. The molecule has 7 heteroatoms. The monoisotopic (exact) mass is 358 g/mol. The van der Waals surface area contributed by atoms with Crippen molar-refractivity contribution in [2.45, 2.75) is 19.9 Å². The van der Waals surface area contributed by atoms with E-state index in [9.17, 15) is 14.4 Å². The Morgan fingerprint density at radius 3 is 2.76 bits per heavy atom. The minimum atomic E-state index is -0.939. The van der Waals surface area contributed by atoms with Crippen molar-refractivity contribution in [2.24, 2.45) is 7.05 Å². The summed E-state index contributed by atoms with van der Waals surface area (Å²) in [6.07, 6.45) is 3.61. The van der Waals surface area contributed by atoms with E-state index >= 15 is 0 Å². The Bertz CT molecular complexity index is 900. The molecule has 1 unspecified atom stereocenters. The van der Waals surface area contributed by atoms with Crippen LogP contribution in [-0.2, 0) is 21.4 Å². The van der Waals surface area contributed by atoms with Gasteiger partial charge in [0, 0.05) is 29.7 Å². The third kappa shape index (κ3) is 3.07. The third-order valence-electron chi connectivity index (χ3n) is 4.05. The molecule has 3 rings (SSSR count). The second kappa shape index (κ2) is 6.76. The molecule has 6 nitrogen and oxygen atoms in total. The minimum Gasteiger partial charge on any atom is -0.464 e. The zero-order valence-electron chi connectivity index (χ0n) is 14.2. The first-order chi connectivity index (χ1) is 11.9. The van der Waals surface area contributed by atoms with Crippen LogP contribution in [0, 0.1) is 0 Å². The lowest BCUT2D eigenvalue weighted by Gasteiger charge is -2.19. The van der Waals surface area contributed by atoms with E-state index in [1.807, 2.05) is 42.1 Å². The van der Waals surface area contributed by atoms with Crippen LogP contribution in [0.2, 0.25) is 0 Å². The molecule has 1 saturated heterocycles. The highest BCUT2D eigenvalue weighted by atomic mass is 32.2. The van der Waals surface area contributed by atoms with Crippen molar-refractivity contribution in [3.63, 3.8) is 0 Å². The SMILES string of the molecule is CCOC(=O)C(C)N1C(=O)S/C(=C/c2cn(C)c3ccccc23)C1=O. The topological polar surface area (TPSA) is 68.6 Å². The van der Waals surface area contributed by atoms with E-state index < -0.39 is 23.2 Å². The Hall–Kier alpha value is -2.54. The van der Waals surface area contributed by atoms with Crippen LogP contribution in [0.3, 0.4) is 0 Å². The van der Waals surface area contributed by atoms with E-state index in [2.05, 4.69) is 0 Å². The first-order valence-corrected chi connectivity index (χ1v) is 8.73. The maximum absolute atomic E-state index is 12.6. The summed E-state index contributed by atoms with van der Waals surface area (Å²) in [6.45, 7) is 3.37. The highest BCUT2D eigenvalue weighted by molar-refractivity contribution is 8.18. The number of nitrogens with zero attached hydrogens (tertiary/aromatic N) is 2. The molecule has 0 N–H and O–H groups in total. The number of fused-ring (bicyclic) bond motifs is 1. The summed E-state index contributed by atoms with van der Waals surface area (Å²) in [6, 6.07) is 6.88. The number of aryl methyl sites for hydroxylation is 1. The lowest BCUT2D eigenvalue weighted by molar-refractivity contribution is -0.150. The summed E-state index contributed by atoms with van der Waals surface area (Å²) >= 11 is 0.840. The Labute approximate surface area is 149 Å². The van der Waals surface area contributed by atoms with E-state index in [-0.39, 0.29) is 6.61 Å². The standard InChI is InChI=1S/C18H18N2O4S/c1-4-24-17(22)11(2)20-16(21)15(25-18(20)23)9-12-10-19(3)14-8-6-5-7-13(12)14/h5-11H,4H2,1-3H3/b15-9+. The number of aromatic nitrogens is 1. The fourth-order valence-corrected chi connectivity index (χ4v) is 3.71. The van der Waals surface area contributed by atoms with Crippen molar-refractivity contribution in [1.29, 1.82) is 0 Å². The number of imide groups is 1. The lowest BCUT2D eigenvalue weighted by atomic mass is 10.1. The number of hydrogen-bond donors (Lipinski definition) is 0. The predicted molar refractivity (Wildman–Crippen MR) is 96.8 cm³/mol. The molecule has 2 amide bonds. The van der Waals surface area contributed by atoms with Crippen LogP contribution in [0.1, 0.15) is 19.4 Å². The molecule has 1 atom stereocenters. The average molecular weight is 358 g/mol. The number of thioether (sulfide) groups is 1. The molecule has 1 aliphatic heterocycles. The molecule has 130 valence electrons. The van der Waals surface area contributed by atoms with Crippen molar-refractivity contribution in [3.05, 3.63) is 40.9 Å². The van der Waals surface area contributed by atoms with Gasteiger partial charge in [-0.3, -0.25) is 14.5 Å². The van der Waals surface area contributed by atoms with E-state index in [0.717, 1.165) is 33.1 Å². The quantitative estimate of drug-likeness (QED) is 0.620. The van der Waals surface area contributed by atoms with Crippen LogP contribution in [0.15, 0.2) is 35.4 Å². The Balaban J connectivity index is 1.93. The maximum Gasteiger partial charge on any atom is 0.329 e. The number of ether oxygens (including phenoxy) is 1. The van der Waals surface area contributed by atoms with Crippen LogP contribution in [0.4, 0.5) is 4.79 Å². The summed E-state index contributed by atoms with van der Waals surface area (Å²) in [5.41, 5.74) is 1.89. The van der Waals surface area contributed by atoms with Crippen LogP contribution < -0.4 is 0 Å². The highest BCUT2D eigenvalue weighted by Crippen LogP contribution is 2.35. The second-order valence-corrected chi connectivity index (χ2v) is 6.69.